The van der Waals surface area contributed by atoms with Crippen molar-refractivity contribution in [1.29, 1.82) is 0 Å². The Bertz CT molecular complexity index is 737. The number of sulfonamides is 1. The zero-order valence-corrected chi connectivity index (χ0v) is 14.8. The molecule has 7 nitrogen and oxygen atoms in total. The number of carbonyl (C=O) groups is 1. The van der Waals surface area contributed by atoms with Gasteiger partial charge in [0.2, 0.25) is 10.0 Å². The number of rotatable bonds is 3. The fourth-order valence-corrected chi connectivity index (χ4v) is 4.39. The molecule has 1 N–H and O–H groups in total. The Kier molecular flexibility index (Phi) is 4.63. The molecule has 0 aromatic carbocycles. The Morgan fingerprint density at radius 3 is 2.96 bits per heavy atom. The SMILES string of the molecule is Cc1cncc(C(=O)N2CC[C@@]3(C[C@H](NS(C)(=O)=O)CCO3)C2)c1. The van der Waals surface area contributed by atoms with Gasteiger partial charge in [-0.25, -0.2) is 13.1 Å². The molecular formula is C16H23N3O4S. The molecule has 1 aromatic rings. The van der Waals surface area contributed by atoms with Crippen molar-refractivity contribution < 1.29 is 17.9 Å². The summed E-state index contributed by atoms with van der Waals surface area (Å²) in [5.74, 6) is -0.0510. The van der Waals surface area contributed by atoms with Crippen LogP contribution in [0.1, 0.15) is 35.2 Å². The number of aryl methyl sites for hydroxylation is 1. The summed E-state index contributed by atoms with van der Waals surface area (Å²) in [5, 5.41) is 0. The zero-order chi connectivity index (χ0) is 17.4. The summed E-state index contributed by atoms with van der Waals surface area (Å²) in [6.45, 7) is 3.50. The summed E-state index contributed by atoms with van der Waals surface area (Å²) >= 11 is 0. The molecule has 0 aliphatic carbocycles. The molecule has 0 unspecified atom stereocenters. The molecule has 1 amide bonds. The summed E-state index contributed by atoms with van der Waals surface area (Å²) in [6, 6.07) is 1.69. The minimum absolute atomic E-state index is 0.0510. The Morgan fingerprint density at radius 1 is 1.46 bits per heavy atom. The summed E-state index contributed by atoms with van der Waals surface area (Å²) in [4.78, 5) is 18.5. The highest BCUT2D eigenvalue weighted by molar-refractivity contribution is 7.88. The van der Waals surface area contributed by atoms with Crippen LogP contribution in [-0.2, 0) is 14.8 Å². The van der Waals surface area contributed by atoms with E-state index in [2.05, 4.69) is 9.71 Å². The van der Waals surface area contributed by atoms with E-state index in [1.54, 1.807) is 17.3 Å². The number of carbonyl (C=O) groups excluding carboxylic acids is 1. The van der Waals surface area contributed by atoms with E-state index in [1.165, 1.54) is 6.26 Å². The summed E-state index contributed by atoms with van der Waals surface area (Å²) in [6.07, 6.45) is 6.44. The minimum Gasteiger partial charge on any atom is -0.373 e. The lowest BCUT2D eigenvalue weighted by Crippen LogP contribution is -2.50. The second kappa shape index (κ2) is 6.42. The van der Waals surface area contributed by atoms with Gasteiger partial charge in [-0.1, -0.05) is 0 Å². The number of hydrogen-bond donors (Lipinski definition) is 1. The summed E-state index contributed by atoms with van der Waals surface area (Å²) in [5.41, 5.74) is 1.07. The topological polar surface area (TPSA) is 88.6 Å². The average molecular weight is 353 g/mol. The molecule has 1 spiro atoms. The first-order valence-corrected chi connectivity index (χ1v) is 9.98. The molecule has 3 rings (SSSR count). The number of likely N-dealkylation sites (tertiary alicyclic amines) is 1. The van der Waals surface area contributed by atoms with E-state index in [1.807, 2.05) is 13.0 Å². The Hall–Kier alpha value is -1.51. The van der Waals surface area contributed by atoms with Crippen molar-refractivity contribution >= 4 is 15.9 Å². The molecule has 2 aliphatic rings. The molecule has 2 atom stereocenters. The van der Waals surface area contributed by atoms with Crippen LogP contribution >= 0.6 is 0 Å². The van der Waals surface area contributed by atoms with Crippen LogP contribution in [0.25, 0.3) is 0 Å². The lowest BCUT2D eigenvalue weighted by molar-refractivity contribution is -0.0763. The first-order valence-electron chi connectivity index (χ1n) is 8.09. The number of aromatic nitrogens is 1. The lowest BCUT2D eigenvalue weighted by Gasteiger charge is -2.38. The Balaban J connectivity index is 1.68. The second-order valence-electron chi connectivity index (χ2n) is 6.84. The molecule has 1 aromatic heterocycles. The predicted octanol–water partition coefficient (Wildman–Crippen LogP) is 0.703. The maximum absolute atomic E-state index is 12.7. The van der Waals surface area contributed by atoms with Gasteiger partial charge in [0.25, 0.3) is 5.91 Å². The van der Waals surface area contributed by atoms with Crippen LogP contribution in [0.2, 0.25) is 0 Å². The van der Waals surface area contributed by atoms with Crippen LogP contribution in [0.4, 0.5) is 0 Å². The maximum atomic E-state index is 12.7. The monoisotopic (exact) mass is 353 g/mol. The number of nitrogens with one attached hydrogen (secondary N) is 1. The van der Waals surface area contributed by atoms with Gasteiger partial charge in [0.1, 0.15) is 0 Å². The summed E-state index contributed by atoms with van der Waals surface area (Å²) in [7, 11) is -3.24. The van der Waals surface area contributed by atoms with E-state index in [0.717, 1.165) is 12.0 Å². The molecule has 2 saturated heterocycles. The van der Waals surface area contributed by atoms with Crippen molar-refractivity contribution in [2.75, 3.05) is 26.0 Å². The molecule has 3 heterocycles. The highest BCUT2D eigenvalue weighted by Gasteiger charge is 2.45. The van der Waals surface area contributed by atoms with Gasteiger partial charge in [-0.2, -0.15) is 0 Å². The van der Waals surface area contributed by atoms with Crippen molar-refractivity contribution in [1.82, 2.24) is 14.6 Å². The van der Waals surface area contributed by atoms with E-state index >= 15 is 0 Å². The second-order valence-corrected chi connectivity index (χ2v) is 8.62. The van der Waals surface area contributed by atoms with Crippen LogP contribution in [0.3, 0.4) is 0 Å². The standard InChI is InChI=1S/C16H23N3O4S/c1-12-7-13(10-17-9-12)15(20)19-5-4-16(11-19)8-14(3-6-23-16)18-24(2,21)22/h7,9-10,14,18H,3-6,8,11H2,1-2H3/t14-,16-/m1/s1. The van der Waals surface area contributed by atoms with Gasteiger partial charge in [0.05, 0.1) is 24.0 Å². The van der Waals surface area contributed by atoms with Gasteiger partial charge in [-0.3, -0.25) is 9.78 Å². The fourth-order valence-electron chi connectivity index (χ4n) is 3.59. The molecule has 8 heteroatoms. The molecule has 2 fully saturated rings. The normalized spacial score (nSPS) is 27.6. The van der Waals surface area contributed by atoms with Gasteiger partial charge in [0, 0.05) is 31.6 Å². The van der Waals surface area contributed by atoms with Gasteiger partial charge < -0.3 is 9.64 Å². The van der Waals surface area contributed by atoms with E-state index in [9.17, 15) is 13.2 Å². The van der Waals surface area contributed by atoms with E-state index in [0.29, 0.717) is 38.1 Å². The number of ether oxygens (including phenoxy) is 1. The first kappa shape index (κ1) is 17.3. The summed E-state index contributed by atoms with van der Waals surface area (Å²) < 4.78 is 31.6. The van der Waals surface area contributed by atoms with Crippen LogP contribution in [0.15, 0.2) is 18.5 Å². The van der Waals surface area contributed by atoms with Gasteiger partial charge in [-0.05, 0) is 37.8 Å². The fraction of sp³-hybridized carbons (Fsp3) is 0.625. The third kappa shape index (κ3) is 3.93. The van der Waals surface area contributed by atoms with Crippen molar-refractivity contribution in [3.63, 3.8) is 0 Å². The Labute approximate surface area is 142 Å². The molecule has 132 valence electrons. The van der Waals surface area contributed by atoms with Crippen molar-refractivity contribution in [2.45, 2.75) is 37.8 Å². The third-order valence-electron chi connectivity index (χ3n) is 4.60. The van der Waals surface area contributed by atoms with Crippen LogP contribution in [-0.4, -0.2) is 61.8 Å². The van der Waals surface area contributed by atoms with Crippen molar-refractivity contribution in [3.05, 3.63) is 29.6 Å². The molecular weight excluding hydrogens is 330 g/mol. The molecule has 0 radical (unpaired) electrons. The highest BCUT2D eigenvalue weighted by atomic mass is 32.2. The first-order chi connectivity index (χ1) is 11.3. The van der Waals surface area contributed by atoms with Crippen molar-refractivity contribution in [2.24, 2.45) is 0 Å². The van der Waals surface area contributed by atoms with E-state index in [4.69, 9.17) is 4.74 Å². The average Bonchev–Trinajstić information content (AvgIpc) is 2.88. The Morgan fingerprint density at radius 2 is 2.25 bits per heavy atom. The van der Waals surface area contributed by atoms with Gasteiger partial charge in [-0.15, -0.1) is 0 Å². The third-order valence-corrected chi connectivity index (χ3v) is 5.36. The van der Waals surface area contributed by atoms with Crippen molar-refractivity contribution in [3.8, 4) is 0 Å². The van der Waals surface area contributed by atoms with Crippen LogP contribution in [0.5, 0.6) is 0 Å². The smallest absolute Gasteiger partial charge is 0.255 e. The molecule has 0 saturated carbocycles. The van der Waals surface area contributed by atoms with Crippen LogP contribution in [0, 0.1) is 6.92 Å². The molecule has 24 heavy (non-hydrogen) atoms. The van der Waals surface area contributed by atoms with Gasteiger partial charge >= 0.3 is 0 Å². The minimum atomic E-state index is -3.24. The van der Waals surface area contributed by atoms with E-state index < -0.39 is 15.6 Å². The maximum Gasteiger partial charge on any atom is 0.255 e. The van der Waals surface area contributed by atoms with E-state index in [-0.39, 0.29) is 11.9 Å². The predicted molar refractivity (Wildman–Crippen MR) is 89.2 cm³/mol. The highest BCUT2D eigenvalue weighted by Crippen LogP contribution is 2.35. The van der Waals surface area contributed by atoms with Gasteiger partial charge in [0.15, 0.2) is 0 Å². The number of pyridine rings is 1. The number of hydrogen-bond acceptors (Lipinski definition) is 5. The lowest BCUT2D eigenvalue weighted by atomic mass is 9.90. The zero-order valence-electron chi connectivity index (χ0n) is 14.0. The number of amides is 1. The quantitative estimate of drug-likeness (QED) is 0.864. The van der Waals surface area contributed by atoms with Crippen LogP contribution < -0.4 is 4.72 Å². The molecule has 2 aliphatic heterocycles. The molecule has 0 bridgehead atoms. The number of nitrogens with zero attached hydrogens (tertiary/aromatic N) is 2. The largest absolute Gasteiger partial charge is 0.373 e.